The number of rotatable bonds is 5. The highest BCUT2D eigenvalue weighted by atomic mass is 16.5. The second-order valence-electron chi connectivity index (χ2n) is 5.81. The monoisotopic (exact) mass is 359 g/mol. The molecule has 4 rings (SSSR count). The van der Waals surface area contributed by atoms with E-state index >= 15 is 0 Å². The number of nitrogens with zero attached hydrogens (tertiary/aromatic N) is 3. The normalized spacial score (nSPS) is 10.6. The molecular formula is C20H17N5O2. The number of hydrogen-bond donors (Lipinski definition) is 2. The molecular weight excluding hydrogens is 342 g/mol. The summed E-state index contributed by atoms with van der Waals surface area (Å²) in [5.74, 6) is 1.10. The number of imidazole rings is 1. The Morgan fingerprint density at radius 2 is 1.74 bits per heavy atom. The summed E-state index contributed by atoms with van der Waals surface area (Å²) in [4.78, 5) is 16.8. The zero-order valence-electron chi connectivity index (χ0n) is 14.6. The minimum atomic E-state index is -0.275. The Balaban J connectivity index is 1.59. The van der Waals surface area contributed by atoms with Crippen LogP contribution in [0.1, 0.15) is 10.5 Å². The van der Waals surface area contributed by atoms with Crippen molar-refractivity contribution in [2.45, 2.75) is 0 Å². The van der Waals surface area contributed by atoms with Gasteiger partial charge in [0, 0.05) is 11.4 Å². The molecule has 0 saturated heterocycles. The van der Waals surface area contributed by atoms with Crippen molar-refractivity contribution < 1.29 is 9.53 Å². The number of fused-ring (bicyclic) bond motifs is 1. The summed E-state index contributed by atoms with van der Waals surface area (Å²) in [6.07, 6.45) is 1.51. The van der Waals surface area contributed by atoms with Gasteiger partial charge in [0.05, 0.1) is 13.3 Å². The molecule has 27 heavy (non-hydrogen) atoms. The third-order valence-electron chi connectivity index (χ3n) is 3.99. The first kappa shape index (κ1) is 16.6. The Morgan fingerprint density at radius 3 is 2.48 bits per heavy atom. The molecule has 2 aromatic heterocycles. The minimum Gasteiger partial charge on any atom is -0.497 e. The smallest absolute Gasteiger partial charge is 0.276 e. The lowest BCUT2D eigenvalue weighted by molar-refractivity contribution is 0.102. The van der Waals surface area contributed by atoms with Crippen molar-refractivity contribution in [3.8, 4) is 5.75 Å². The van der Waals surface area contributed by atoms with Crippen LogP contribution >= 0.6 is 0 Å². The topological polar surface area (TPSA) is 80.5 Å². The Labute approximate surface area is 155 Å². The summed E-state index contributed by atoms with van der Waals surface area (Å²) in [5.41, 5.74) is 2.52. The van der Waals surface area contributed by atoms with E-state index in [1.165, 1.54) is 10.7 Å². The molecule has 134 valence electrons. The van der Waals surface area contributed by atoms with Gasteiger partial charge in [-0.2, -0.15) is 0 Å². The minimum absolute atomic E-state index is 0.275. The number of benzene rings is 2. The van der Waals surface area contributed by atoms with Gasteiger partial charge in [0.2, 0.25) is 0 Å². The van der Waals surface area contributed by atoms with Gasteiger partial charge in [0.25, 0.3) is 5.91 Å². The maximum absolute atomic E-state index is 12.6. The first-order chi connectivity index (χ1) is 13.2. The van der Waals surface area contributed by atoms with E-state index in [2.05, 4.69) is 20.7 Å². The molecule has 0 aliphatic heterocycles. The molecule has 0 radical (unpaired) electrons. The van der Waals surface area contributed by atoms with Crippen LogP contribution in [-0.2, 0) is 0 Å². The lowest BCUT2D eigenvalue weighted by Crippen LogP contribution is -2.15. The van der Waals surface area contributed by atoms with Crippen LogP contribution in [0.2, 0.25) is 0 Å². The molecule has 7 heteroatoms. The van der Waals surface area contributed by atoms with Crippen molar-refractivity contribution in [2.24, 2.45) is 0 Å². The third kappa shape index (κ3) is 3.57. The number of hydrogen-bond acceptors (Lipinski definition) is 5. The molecule has 7 nitrogen and oxygen atoms in total. The van der Waals surface area contributed by atoms with Crippen molar-refractivity contribution in [2.75, 3.05) is 17.7 Å². The van der Waals surface area contributed by atoms with Crippen LogP contribution in [0.4, 0.5) is 17.2 Å². The molecule has 1 amide bonds. The Hall–Kier alpha value is -3.87. The maximum atomic E-state index is 12.6. The van der Waals surface area contributed by atoms with Crippen LogP contribution in [0.5, 0.6) is 5.75 Å². The summed E-state index contributed by atoms with van der Waals surface area (Å²) in [5, 5.41) is 10.5. The predicted molar refractivity (Wildman–Crippen MR) is 104 cm³/mol. The molecule has 0 aliphatic rings. The van der Waals surface area contributed by atoms with Crippen molar-refractivity contribution in [3.63, 3.8) is 0 Å². The van der Waals surface area contributed by atoms with Gasteiger partial charge in [-0.1, -0.05) is 18.2 Å². The fraction of sp³-hybridized carbons (Fsp3) is 0.0500. The second kappa shape index (κ2) is 7.17. The van der Waals surface area contributed by atoms with Crippen molar-refractivity contribution in [3.05, 3.63) is 78.6 Å². The summed E-state index contributed by atoms with van der Waals surface area (Å²) >= 11 is 0. The highest BCUT2D eigenvalue weighted by molar-refractivity contribution is 6.03. The second-order valence-corrected chi connectivity index (χ2v) is 5.81. The SMILES string of the molecule is COc1ccc(Nc2ccc3ncc(C(=O)Nc4ccccc4)n3n2)cc1. The molecule has 0 saturated carbocycles. The van der Waals surface area contributed by atoms with Crippen LogP contribution in [0, 0.1) is 0 Å². The molecule has 2 N–H and O–H groups in total. The number of nitrogens with one attached hydrogen (secondary N) is 2. The van der Waals surface area contributed by atoms with E-state index in [1.807, 2.05) is 60.7 Å². The molecule has 2 aromatic carbocycles. The van der Waals surface area contributed by atoms with Gasteiger partial charge in [0.15, 0.2) is 17.2 Å². The number of amides is 1. The van der Waals surface area contributed by atoms with Crippen molar-refractivity contribution >= 4 is 28.7 Å². The molecule has 0 unspecified atom stereocenters. The first-order valence-corrected chi connectivity index (χ1v) is 8.35. The van der Waals surface area contributed by atoms with Gasteiger partial charge in [-0.05, 0) is 48.5 Å². The van der Waals surface area contributed by atoms with E-state index in [0.29, 0.717) is 22.8 Å². The Kier molecular flexibility index (Phi) is 4.40. The Bertz CT molecular complexity index is 1070. The highest BCUT2D eigenvalue weighted by Crippen LogP contribution is 2.19. The van der Waals surface area contributed by atoms with Crippen LogP contribution in [0.25, 0.3) is 5.65 Å². The molecule has 0 aliphatic carbocycles. The van der Waals surface area contributed by atoms with Gasteiger partial charge in [-0.15, -0.1) is 5.10 Å². The number of ether oxygens (including phenoxy) is 1. The summed E-state index contributed by atoms with van der Waals surface area (Å²) in [7, 11) is 1.62. The van der Waals surface area contributed by atoms with E-state index in [9.17, 15) is 4.79 Å². The number of carbonyl (C=O) groups excluding carboxylic acids is 1. The van der Waals surface area contributed by atoms with Crippen molar-refractivity contribution in [1.29, 1.82) is 0 Å². The van der Waals surface area contributed by atoms with Crippen LogP contribution in [-0.4, -0.2) is 27.6 Å². The standard InChI is InChI=1S/C20H17N5O2/c1-27-16-9-7-15(8-10-16)22-18-11-12-19-21-13-17(25(19)24-18)20(26)23-14-5-3-2-4-6-14/h2-13H,1H3,(H,22,24)(H,23,26). The van der Waals surface area contributed by atoms with E-state index < -0.39 is 0 Å². The van der Waals surface area contributed by atoms with E-state index in [4.69, 9.17) is 4.74 Å². The third-order valence-corrected chi connectivity index (χ3v) is 3.99. The number of anilines is 3. The summed E-state index contributed by atoms with van der Waals surface area (Å²) in [6.45, 7) is 0. The fourth-order valence-corrected chi connectivity index (χ4v) is 2.63. The molecule has 0 bridgehead atoms. The van der Waals surface area contributed by atoms with Gasteiger partial charge in [-0.25, -0.2) is 9.50 Å². The van der Waals surface area contributed by atoms with Crippen LogP contribution in [0.15, 0.2) is 72.9 Å². The van der Waals surface area contributed by atoms with Crippen LogP contribution in [0.3, 0.4) is 0 Å². The summed E-state index contributed by atoms with van der Waals surface area (Å²) < 4.78 is 6.68. The molecule has 2 heterocycles. The van der Waals surface area contributed by atoms with Gasteiger partial charge < -0.3 is 15.4 Å². The lowest BCUT2D eigenvalue weighted by Gasteiger charge is -2.08. The average molecular weight is 359 g/mol. The highest BCUT2D eigenvalue weighted by Gasteiger charge is 2.14. The predicted octanol–water partition coefficient (Wildman–Crippen LogP) is 3.73. The largest absolute Gasteiger partial charge is 0.497 e. The average Bonchev–Trinajstić information content (AvgIpc) is 3.13. The van der Waals surface area contributed by atoms with Gasteiger partial charge in [-0.3, -0.25) is 4.79 Å². The van der Waals surface area contributed by atoms with Crippen LogP contribution < -0.4 is 15.4 Å². The number of aromatic nitrogens is 3. The maximum Gasteiger partial charge on any atom is 0.276 e. The number of methoxy groups -OCH3 is 1. The zero-order chi connectivity index (χ0) is 18.6. The van der Waals surface area contributed by atoms with Gasteiger partial charge >= 0.3 is 0 Å². The van der Waals surface area contributed by atoms with Gasteiger partial charge in [0.1, 0.15) is 5.75 Å². The van der Waals surface area contributed by atoms with E-state index in [0.717, 1.165) is 11.4 Å². The van der Waals surface area contributed by atoms with E-state index in [1.54, 1.807) is 13.2 Å². The van der Waals surface area contributed by atoms with Crippen molar-refractivity contribution in [1.82, 2.24) is 14.6 Å². The summed E-state index contributed by atoms with van der Waals surface area (Å²) in [6, 6.07) is 20.4. The number of carbonyl (C=O) groups is 1. The number of para-hydroxylation sites is 1. The zero-order valence-corrected chi connectivity index (χ0v) is 14.6. The first-order valence-electron chi connectivity index (χ1n) is 8.35. The molecule has 4 aromatic rings. The molecule has 0 atom stereocenters. The van der Waals surface area contributed by atoms with E-state index in [-0.39, 0.29) is 5.91 Å². The molecule has 0 spiro atoms. The Morgan fingerprint density at radius 1 is 0.963 bits per heavy atom. The fourth-order valence-electron chi connectivity index (χ4n) is 2.63. The quantitative estimate of drug-likeness (QED) is 0.567. The molecule has 0 fully saturated rings. The lowest BCUT2D eigenvalue weighted by atomic mass is 10.3.